The van der Waals surface area contributed by atoms with E-state index in [9.17, 15) is 8.42 Å². The van der Waals surface area contributed by atoms with Gasteiger partial charge in [0.05, 0.1) is 39.5 Å². The van der Waals surface area contributed by atoms with Gasteiger partial charge in [-0.1, -0.05) is 18.2 Å². The van der Waals surface area contributed by atoms with Gasteiger partial charge in [-0.05, 0) is 61.4 Å². The van der Waals surface area contributed by atoms with E-state index in [0.717, 1.165) is 42.9 Å². The lowest BCUT2D eigenvalue weighted by Crippen LogP contribution is -2.28. The van der Waals surface area contributed by atoms with Gasteiger partial charge in [0.25, 0.3) is 0 Å². The van der Waals surface area contributed by atoms with Crippen molar-refractivity contribution in [2.24, 2.45) is 0 Å². The van der Waals surface area contributed by atoms with Crippen LogP contribution < -0.4 is 14.2 Å². The third kappa shape index (κ3) is 4.88. The van der Waals surface area contributed by atoms with Gasteiger partial charge in [0.15, 0.2) is 0 Å². The molecule has 2 aromatic heterocycles. The summed E-state index contributed by atoms with van der Waals surface area (Å²) in [5, 5.41) is 0.842. The second-order valence-electron chi connectivity index (χ2n) is 8.26. The minimum absolute atomic E-state index is 0.152. The van der Waals surface area contributed by atoms with E-state index in [1.165, 1.54) is 0 Å². The number of thiazole rings is 1. The van der Waals surface area contributed by atoms with E-state index < -0.39 is 10.0 Å². The number of nitrogens with zero attached hydrogens (tertiary/aromatic N) is 3. The zero-order valence-corrected chi connectivity index (χ0v) is 21.6. The number of hydrogen-bond donors (Lipinski definition) is 1. The van der Waals surface area contributed by atoms with Gasteiger partial charge in [-0.25, -0.2) is 28.1 Å². The fourth-order valence-electron chi connectivity index (χ4n) is 3.90. The Morgan fingerprint density at radius 3 is 2.58 bits per heavy atom. The van der Waals surface area contributed by atoms with Gasteiger partial charge in [0.1, 0.15) is 17.4 Å². The van der Waals surface area contributed by atoms with Crippen LogP contribution in [0.15, 0.2) is 65.7 Å². The number of sulfonamides is 1. The lowest BCUT2D eigenvalue weighted by Gasteiger charge is -2.09. The summed E-state index contributed by atoms with van der Waals surface area (Å²) in [7, 11) is -2.00. The topological polar surface area (TPSA) is 103 Å². The molecule has 3 aromatic carbocycles. The van der Waals surface area contributed by atoms with Crippen molar-refractivity contribution in [3.05, 3.63) is 71.9 Å². The monoisotopic (exact) mass is 520 g/mol. The van der Waals surface area contributed by atoms with Crippen LogP contribution in [-0.4, -0.2) is 43.6 Å². The third-order valence-electron chi connectivity index (χ3n) is 5.58. The van der Waals surface area contributed by atoms with Gasteiger partial charge in [-0.15, -0.1) is 11.3 Å². The summed E-state index contributed by atoms with van der Waals surface area (Å²) in [6.07, 6.45) is 1.61. The van der Waals surface area contributed by atoms with E-state index in [1.54, 1.807) is 55.0 Å². The predicted molar refractivity (Wildman–Crippen MR) is 141 cm³/mol. The lowest BCUT2D eigenvalue weighted by atomic mass is 10.1. The molecule has 0 saturated carbocycles. The molecule has 0 aliphatic heterocycles. The molecule has 10 heteroatoms. The standard InChI is InChI=1S/C26H24N4O4S2/c1-16-11-20(25-21(12-16)29-23(33-3)15-27-25)26-30-24-17(2)13-18(14-22(24)35-26)34-10-9-28-36(31,32)19-7-5-4-6-8-19/h4-8,11-15,28H,9-10H2,1-3H3. The van der Waals surface area contributed by atoms with Crippen LogP contribution >= 0.6 is 11.3 Å². The van der Waals surface area contributed by atoms with Crippen LogP contribution in [0.25, 0.3) is 31.8 Å². The van der Waals surface area contributed by atoms with Crippen LogP contribution in [0.3, 0.4) is 0 Å². The second-order valence-corrected chi connectivity index (χ2v) is 11.1. The zero-order chi connectivity index (χ0) is 25.3. The number of nitrogens with one attached hydrogen (secondary N) is 1. The van der Waals surface area contributed by atoms with Crippen LogP contribution in [0.5, 0.6) is 11.6 Å². The fraction of sp³-hybridized carbons (Fsp3) is 0.192. The first kappa shape index (κ1) is 24.1. The largest absolute Gasteiger partial charge is 0.492 e. The summed E-state index contributed by atoms with van der Waals surface area (Å²) >= 11 is 1.55. The number of fused-ring (bicyclic) bond motifs is 2. The highest BCUT2D eigenvalue weighted by atomic mass is 32.2. The van der Waals surface area contributed by atoms with Crippen LogP contribution in [-0.2, 0) is 10.0 Å². The molecule has 2 heterocycles. The van der Waals surface area contributed by atoms with Crippen molar-refractivity contribution >= 4 is 42.6 Å². The Hall–Kier alpha value is -3.60. The van der Waals surface area contributed by atoms with E-state index >= 15 is 0 Å². The summed E-state index contributed by atoms with van der Waals surface area (Å²) in [6.45, 7) is 4.35. The Morgan fingerprint density at radius 1 is 1.00 bits per heavy atom. The highest BCUT2D eigenvalue weighted by molar-refractivity contribution is 7.89. The molecular formula is C26H24N4O4S2. The average molecular weight is 521 g/mol. The molecule has 1 N–H and O–H groups in total. The maximum atomic E-state index is 12.4. The molecule has 184 valence electrons. The third-order valence-corrected chi connectivity index (χ3v) is 8.10. The van der Waals surface area contributed by atoms with E-state index in [1.807, 2.05) is 32.0 Å². The number of hydrogen-bond acceptors (Lipinski definition) is 8. The van der Waals surface area contributed by atoms with Crippen molar-refractivity contribution in [2.75, 3.05) is 20.3 Å². The molecule has 0 radical (unpaired) electrons. The van der Waals surface area contributed by atoms with Crippen molar-refractivity contribution in [3.63, 3.8) is 0 Å². The molecule has 8 nitrogen and oxygen atoms in total. The summed E-state index contributed by atoms with van der Waals surface area (Å²) in [6, 6.07) is 16.2. The number of aryl methyl sites for hydroxylation is 2. The van der Waals surface area contributed by atoms with Crippen LogP contribution in [0.2, 0.25) is 0 Å². The fourth-order valence-corrected chi connectivity index (χ4v) is 6.02. The SMILES string of the molecule is COc1cnc2c(-c3nc4c(C)cc(OCCNS(=O)(=O)c5ccccc5)cc4s3)cc(C)cc2n1. The van der Waals surface area contributed by atoms with Gasteiger partial charge in [0, 0.05) is 12.1 Å². The Kier molecular flexibility index (Phi) is 6.57. The molecule has 0 aliphatic carbocycles. The highest BCUT2D eigenvalue weighted by Crippen LogP contribution is 2.37. The molecule has 0 spiro atoms. The predicted octanol–water partition coefficient (Wildman–Crippen LogP) is 4.89. The molecule has 0 amide bonds. The first-order valence-corrected chi connectivity index (χ1v) is 13.5. The minimum Gasteiger partial charge on any atom is -0.492 e. The normalized spacial score (nSPS) is 11.8. The van der Waals surface area contributed by atoms with Crippen molar-refractivity contribution in [3.8, 4) is 22.2 Å². The first-order valence-electron chi connectivity index (χ1n) is 11.2. The van der Waals surface area contributed by atoms with E-state index in [0.29, 0.717) is 11.6 Å². The number of ether oxygens (including phenoxy) is 2. The molecule has 0 fully saturated rings. The number of rotatable bonds is 8. The van der Waals surface area contributed by atoms with E-state index in [-0.39, 0.29) is 18.0 Å². The molecule has 36 heavy (non-hydrogen) atoms. The molecule has 5 aromatic rings. The van der Waals surface area contributed by atoms with Crippen LogP contribution in [0, 0.1) is 13.8 Å². The van der Waals surface area contributed by atoms with Crippen molar-refractivity contribution in [1.82, 2.24) is 19.7 Å². The number of benzene rings is 3. The van der Waals surface area contributed by atoms with Crippen molar-refractivity contribution < 1.29 is 17.9 Å². The molecule has 0 atom stereocenters. The molecule has 0 saturated heterocycles. The van der Waals surface area contributed by atoms with Crippen molar-refractivity contribution in [1.29, 1.82) is 0 Å². The lowest BCUT2D eigenvalue weighted by molar-refractivity contribution is 0.323. The molecule has 0 aliphatic rings. The Morgan fingerprint density at radius 2 is 1.81 bits per heavy atom. The molecule has 0 bridgehead atoms. The summed E-state index contributed by atoms with van der Waals surface area (Å²) in [5.74, 6) is 1.12. The smallest absolute Gasteiger partial charge is 0.240 e. The Labute approximate surface area is 213 Å². The quantitative estimate of drug-likeness (QED) is 0.291. The Bertz CT molecular complexity index is 1670. The number of methoxy groups -OCH3 is 1. The summed E-state index contributed by atoms with van der Waals surface area (Å²) < 4.78 is 39.4. The van der Waals surface area contributed by atoms with Gasteiger partial charge >= 0.3 is 0 Å². The van der Waals surface area contributed by atoms with Crippen LogP contribution in [0.4, 0.5) is 0 Å². The molecule has 5 rings (SSSR count). The Balaban J connectivity index is 1.37. The van der Waals surface area contributed by atoms with Gasteiger partial charge in [-0.3, -0.25) is 0 Å². The summed E-state index contributed by atoms with van der Waals surface area (Å²) in [5.41, 5.74) is 5.35. The maximum Gasteiger partial charge on any atom is 0.240 e. The van der Waals surface area contributed by atoms with E-state index in [4.69, 9.17) is 14.5 Å². The van der Waals surface area contributed by atoms with E-state index in [2.05, 4.69) is 20.8 Å². The first-order chi connectivity index (χ1) is 17.3. The highest BCUT2D eigenvalue weighted by Gasteiger charge is 2.16. The summed E-state index contributed by atoms with van der Waals surface area (Å²) in [4.78, 5) is 14.2. The second kappa shape index (κ2) is 9.81. The minimum atomic E-state index is -3.57. The maximum absolute atomic E-state index is 12.4. The average Bonchev–Trinajstić information content (AvgIpc) is 3.31. The molecular weight excluding hydrogens is 496 g/mol. The van der Waals surface area contributed by atoms with Gasteiger partial charge < -0.3 is 9.47 Å². The zero-order valence-electron chi connectivity index (χ0n) is 20.0. The van der Waals surface area contributed by atoms with Crippen molar-refractivity contribution in [2.45, 2.75) is 18.7 Å². The van der Waals surface area contributed by atoms with Gasteiger partial charge in [0.2, 0.25) is 15.9 Å². The van der Waals surface area contributed by atoms with Gasteiger partial charge in [-0.2, -0.15) is 0 Å². The number of aromatic nitrogens is 3. The van der Waals surface area contributed by atoms with Crippen LogP contribution in [0.1, 0.15) is 11.1 Å². The molecule has 0 unspecified atom stereocenters.